The highest BCUT2D eigenvalue weighted by molar-refractivity contribution is 5.85. The molecule has 1 unspecified atom stereocenters. The van der Waals surface area contributed by atoms with Gasteiger partial charge in [0.1, 0.15) is 0 Å². The number of hydrogen-bond donors (Lipinski definition) is 2. The molecule has 2 heterocycles. The van der Waals surface area contributed by atoms with Crippen molar-refractivity contribution in [2.24, 2.45) is 5.41 Å². The van der Waals surface area contributed by atoms with Gasteiger partial charge in [-0.05, 0) is 50.0 Å². The predicted molar refractivity (Wildman–Crippen MR) is 106 cm³/mol. The first kappa shape index (κ1) is 21.2. The Kier molecular flexibility index (Phi) is 8.35. The molecule has 2 fully saturated rings. The lowest BCUT2D eigenvalue weighted by molar-refractivity contribution is -0.133. The van der Waals surface area contributed by atoms with Crippen molar-refractivity contribution in [2.45, 2.75) is 38.8 Å². The van der Waals surface area contributed by atoms with Gasteiger partial charge < -0.3 is 15.4 Å². The average Bonchev–Trinajstić information content (AvgIpc) is 3.12. The lowest BCUT2D eigenvalue weighted by atomic mass is 9.87. The Labute approximate surface area is 163 Å². The summed E-state index contributed by atoms with van der Waals surface area (Å²) in [5.74, 6) is 0.0942. The van der Waals surface area contributed by atoms with Crippen LogP contribution in [0.3, 0.4) is 0 Å². The lowest BCUT2D eigenvalue weighted by Gasteiger charge is -2.26. The van der Waals surface area contributed by atoms with Gasteiger partial charge >= 0.3 is 0 Å². The molecule has 2 saturated heterocycles. The molecule has 1 aromatic carbocycles. The topological polar surface area (TPSA) is 53.6 Å². The van der Waals surface area contributed by atoms with Crippen molar-refractivity contribution in [3.8, 4) is 0 Å². The second-order valence-electron chi connectivity index (χ2n) is 7.48. The van der Waals surface area contributed by atoms with E-state index in [1.807, 2.05) is 0 Å². The molecule has 5 nitrogen and oxygen atoms in total. The van der Waals surface area contributed by atoms with Gasteiger partial charge in [-0.25, -0.2) is 0 Å². The number of piperidine rings is 1. The molecule has 0 aliphatic carbocycles. The molecule has 3 rings (SSSR count). The van der Waals surface area contributed by atoms with Gasteiger partial charge in [-0.1, -0.05) is 30.7 Å². The quantitative estimate of drug-likeness (QED) is 0.761. The highest BCUT2D eigenvalue weighted by Gasteiger charge is 2.41. The van der Waals surface area contributed by atoms with Crippen LogP contribution in [0.4, 0.5) is 0 Å². The minimum Gasteiger partial charge on any atom is -0.384 e. The van der Waals surface area contributed by atoms with E-state index in [0.717, 1.165) is 25.1 Å². The Hall–Kier alpha value is -1.14. The number of likely N-dealkylation sites (tertiary alicyclic amines) is 1. The Bertz CT molecular complexity index is 553. The summed E-state index contributed by atoms with van der Waals surface area (Å²) in [4.78, 5) is 15.2. The number of hydrogen-bond acceptors (Lipinski definition) is 4. The highest BCUT2D eigenvalue weighted by atomic mass is 35.5. The number of nitrogens with one attached hydrogen (secondary N) is 2. The van der Waals surface area contributed by atoms with Crippen LogP contribution in [0, 0.1) is 5.41 Å². The molecule has 0 aromatic heterocycles. The van der Waals surface area contributed by atoms with E-state index in [4.69, 9.17) is 4.74 Å². The molecule has 0 saturated carbocycles. The third-order valence-corrected chi connectivity index (χ3v) is 5.48. The number of methoxy groups -OCH3 is 1. The van der Waals surface area contributed by atoms with Crippen LogP contribution in [0.2, 0.25) is 0 Å². The zero-order valence-electron chi connectivity index (χ0n) is 15.8. The SMILES string of the molecule is COCC1(C(=O)NCc2ccc(CN3CCCCC3)cc2)CCNC1.Cl. The fourth-order valence-electron chi connectivity index (χ4n) is 3.91. The van der Waals surface area contributed by atoms with Gasteiger partial charge in [-0.3, -0.25) is 9.69 Å². The number of ether oxygens (including phenoxy) is 1. The monoisotopic (exact) mass is 381 g/mol. The molecule has 0 spiro atoms. The van der Waals surface area contributed by atoms with Crippen molar-refractivity contribution in [2.75, 3.05) is 39.9 Å². The summed E-state index contributed by atoms with van der Waals surface area (Å²) >= 11 is 0. The third kappa shape index (κ3) is 5.43. The molecule has 1 atom stereocenters. The lowest BCUT2D eigenvalue weighted by Crippen LogP contribution is -2.45. The number of carbonyl (C=O) groups is 1. The average molecular weight is 382 g/mol. The summed E-state index contributed by atoms with van der Waals surface area (Å²) in [7, 11) is 1.66. The van der Waals surface area contributed by atoms with Crippen LogP contribution >= 0.6 is 12.4 Å². The number of rotatable bonds is 7. The summed E-state index contributed by atoms with van der Waals surface area (Å²) in [6, 6.07) is 8.65. The molecule has 2 aliphatic rings. The molecule has 2 aliphatic heterocycles. The van der Waals surface area contributed by atoms with Gasteiger partial charge in [0, 0.05) is 26.7 Å². The molecule has 2 N–H and O–H groups in total. The van der Waals surface area contributed by atoms with E-state index in [-0.39, 0.29) is 18.3 Å². The smallest absolute Gasteiger partial charge is 0.230 e. The van der Waals surface area contributed by atoms with Crippen molar-refractivity contribution < 1.29 is 9.53 Å². The minimum atomic E-state index is -0.414. The second-order valence-corrected chi connectivity index (χ2v) is 7.48. The van der Waals surface area contributed by atoms with Crippen molar-refractivity contribution in [3.63, 3.8) is 0 Å². The van der Waals surface area contributed by atoms with Gasteiger partial charge in [-0.2, -0.15) is 0 Å². The van der Waals surface area contributed by atoms with Crippen LogP contribution < -0.4 is 10.6 Å². The van der Waals surface area contributed by atoms with Crippen molar-refractivity contribution >= 4 is 18.3 Å². The Balaban J connectivity index is 0.00000243. The van der Waals surface area contributed by atoms with E-state index < -0.39 is 5.41 Å². The summed E-state index contributed by atoms with van der Waals surface area (Å²) in [5.41, 5.74) is 2.09. The van der Waals surface area contributed by atoms with Gasteiger partial charge in [0.2, 0.25) is 5.91 Å². The predicted octanol–water partition coefficient (Wildman–Crippen LogP) is 2.34. The van der Waals surface area contributed by atoms with E-state index in [9.17, 15) is 4.79 Å². The summed E-state index contributed by atoms with van der Waals surface area (Å²) in [6.45, 7) is 6.09. The maximum absolute atomic E-state index is 12.6. The molecule has 1 aromatic rings. The molecular weight excluding hydrogens is 350 g/mol. The fraction of sp³-hybridized carbons (Fsp3) is 0.650. The Morgan fingerprint density at radius 2 is 1.88 bits per heavy atom. The van der Waals surface area contributed by atoms with Crippen LogP contribution in [0.1, 0.15) is 36.8 Å². The fourth-order valence-corrected chi connectivity index (χ4v) is 3.91. The number of benzene rings is 1. The molecule has 26 heavy (non-hydrogen) atoms. The van der Waals surface area contributed by atoms with Gasteiger partial charge in [0.05, 0.1) is 12.0 Å². The van der Waals surface area contributed by atoms with Gasteiger partial charge in [0.15, 0.2) is 0 Å². The van der Waals surface area contributed by atoms with E-state index >= 15 is 0 Å². The standard InChI is InChI=1S/C20H31N3O2.ClH/c1-25-16-20(9-10-21-15-20)19(24)22-13-17-5-7-18(8-6-17)14-23-11-3-2-4-12-23;/h5-8,21H,2-4,9-16H2,1H3,(H,22,24);1H. The van der Waals surface area contributed by atoms with Crippen LogP contribution in [-0.2, 0) is 22.6 Å². The van der Waals surface area contributed by atoms with Crippen molar-refractivity contribution in [1.82, 2.24) is 15.5 Å². The van der Waals surface area contributed by atoms with Crippen LogP contribution in [0.15, 0.2) is 24.3 Å². The molecule has 0 bridgehead atoms. The summed E-state index contributed by atoms with van der Waals surface area (Å²) in [6.07, 6.45) is 4.85. The van der Waals surface area contributed by atoms with E-state index in [0.29, 0.717) is 19.7 Å². The van der Waals surface area contributed by atoms with E-state index in [2.05, 4.69) is 39.8 Å². The van der Waals surface area contributed by atoms with Crippen molar-refractivity contribution in [1.29, 1.82) is 0 Å². The third-order valence-electron chi connectivity index (χ3n) is 5.48. The number of carbonyl (C=O) groups excluding carboxylic acids is 1. The van der Waals surface area contributed by atoms with Gasteiger partial charge in [-0.15, -0.1) is 12.4 Å². The first-order valence-corrected chi connectivity index (χ1v) is 9.50. The molecule has 6 heteroatoms. The maximum atomic E-state index is 12.6. The minimum absolute atomic E-state index is 0. The zero-order valence-corrected chi connectivity index (χ0v) is 16.6. The maximum Gasteiger partial charge on any atom is 0.230 e. The largest absolute Gasteiger partial charge is 0.384 e. The number of amides is 1. The zero-order chi connectivity index (χ0) is 17.5. The first-order valence-electron chi connectivity index (χ1n) is 9.50. The number of nitrogens with zero attached hydrogens (tertiary/aromatic N) is 1. The molecule has 146 valence electrons. The Morgan fingerprint density at radius 1 is 1.19 bits per heavy atom. The van der Waals surface area contributed by atoms with Crippen LogP contribution in [0.25, 0.3) is 0 Å². The highest BCUT2D eigenvalue weighted by Crippen LogP contribution is 2.26. The first-order chi connectivity index (χ1) is 12.2. The molecule has 0 radical (unpaired) electrons. The van der Waals surface area contributed by atoms with E-state index in [1.165, 1.54) is 37.9 Å². The second kappa shape index (κ2) is 10.3. The molecular formula is C20H32ClN3O2. The Morgan fingerprint density at radius 3 is 2.50 bits per heavy atom. The normalized spacial score (nSPS) is 23.4. The number of halogens is 1. The van der Waals surface area contributed by atoms with Crippen LogP contribution in [0.5, 0.6) is 0 Å². The van der Waals surface area contributed by atoms with Gasteiger partial charge in [0.25, 0.3) is 0 Å². The summed E-state index contributed by atoms with van der Waals surface area (Å²) in [5, 5.41) is 6.38. The summed E-state index contributed by atoms with van der Waals surface area (Å²) < 4.78 is 5.28. The molecule has 1 amide bonds. The van der Waals surface area contributed by atoms with E-state index in [1.54, 1.807) is 7.11 Å². The van der Waals surface area contributed by atoms with Crippen LogP contribution in [-0.4, -0.2) is 50.7 Å². The van der Waals surface area contributed by atoms with Crippen molar-refractivity contribution in [3.05, 3.63) is 35.4 Å².